The Hall–Kier alpha value is -2.90. The third-order valence-corrected chi connectivity index (χ3v) is 7.41. The minimum absolute atomic E-state index is 0.00532. The number of hydrogen-bond acceptors (Lipinski definition) is 4. The van der Waals surface area contributed by atoms with E-state index in [-0.39, 0.29) is 17.7 Å². The summed E-state index contributed by atoms with van der Waals surface area (Å²) in [7, 11) is 2.06. The first-order valence-corrected chi connectivity index (χ1v) is 12.3. The molecule has 0 saturated carbocycles. The van der Waals surface area contributed by atoms with Crippen LogP contribution in [0.3, 0.4) is 0 Å². The van der Waals surface area contributed by atoms with Gasteiger partial charge in [0, 0.05) is 39.8 Å². The Morgan fingerprint density at radius 1 is 0.971 bits per heavy atom. The van der Waals surface area contributed by atoms with E-state index < -0.39 is 0 Å². The van der Waals surface area contributed by atoms with Crippen LogP contribution in [0, 0.1) is 5.92 Å². The monoisotopic (exact) mass is 479 g/mol. The van der Waals surface area contributed by atoms with Crippen LogP contribution in [0.5, 0.6) is 0 Å². The first kappa shape index (κ1) is 22.9. The summed E-state index contributed by atoms with van der Waals surface area (Å²) in [4.78, 5) is 37.0. The van der Waals surface area contributed by atoms with Crippen molar-refractivity contribution in [1.29, 1.82) is 0 Å². The number of benzene rings is 2. The molecule has 7 nitrogen and oxygen atoms in total. The summed E-state index contributed by atoms with van der Waals surface area (Å²) < 4.78 is 2.15. The van der Waals surface area contributed by atoms with Gasteiger partial charge < -0.3 is 14.4 Å². The number of carbonyl (C=O) groups is 2. The topological polar surface area (TPSA) is 61.7 Å². The molecule has 2 aromatic carbocycles. The van der Waals surface area contributed by atoms with Crippen LogP contribution in [-0.4, -0.2) is 75.3 Å². The summed E-state index contributed by atoms with van der Waals surface area (Å²) in [5, 5.41) is 0.467. The van der Waals surface area contributed by atoms with Gasteiger partial charge in [0.25, 0.3) is 5.91 Å². The van der Waals surface area contributed by atoms with Crippen LogP contribution in [0.1, 0.15) is 29.0 Å². The van der Waals surface area contributed by atoms with Gasteiger partial charge in [0.05, 0.1) is 34.1 Å². The van der Waals surface area contributed by atoms with E-state index in [9.17, 15) is 9.59 Å². The Morgan fingerprint density at radius 2 is 1.68 bits per heavy atom. The van der Waals surface area contributed by atoms with E-state index in [1.807, 2.05) is 35.2 Å². The lowest BCUT2D eigenvalue weighted by Gasteiger charge is -2.39. The number of aryl methyl sites for hydroxylation is 1. The van der Waals surface area contributed by atoms with Crippen LogP contribution in [0.15, 0.2) is 48.5 Å². The fourth-order valence-corrected chi connectivity index (χ4v) is 5.35. The second kappa shape index (κ2) is 9.76. The van der Waals surface area contributed by atoms with E-state index in [0.717, 1.165) is 49.3 Å². The molecule has 2 aliphatic rings. The molecule has 0 unspecified atom stereocenters. The molecule has 0 spiro atoms. The molecule has 5 rings (SSSR count). The lowest BCUT2D eigenvalue weighted by Crippen LogP contribution is -2.53. The molecule has 0 N–H and O–H groups in total. The van der Waals surface area contributed by atoms with Crippen molar-refractivity contribution < 1.29 is 9.59 Å². The number of hydrogen-bond donors (Lipinski definition) is 0. The van der Waals surface area contributed by atoms with Gasteiger partial charge in [0.1, 0.15) is 5.82 Å². The molecule has 8 heteroatoms. The predicted molar refractivity (Wildman–Crippen MR) is 133 cm³/mol. The number of amides is 2. The van der Waals surface area contributed by atoms with Crippen LogP contribution in [0.25, 0.3) is 11.0 Å². The number of para-hydroxylation sites is 2. The highest BCUT2D eigenvalue weighted by Gasteiger charge is 2.32. The van der Waals surface area contributed by atoms with Crippen molar-refractivity contribution in [1.82, 2.24) is 24.3 Å². The molecule has 0 bridgehead atoms. The highest BCUT2D eigenvalue weighted by atomic mass is 35.5. The van der Waals surface area contributed by atoms with E-state index in [4.69, 9.17) is 16.6 Å². The van der Waals surface area contributed by atoms with Crippen molar-refractivity contribution in [2.24, 2.45) is 13.0 Å². The standard InChI is InChI=1S/C26H30ClN5O2/c1-29-23-11-5-4-10-22(23)28-24(29)18-30-12-6-7-19(17-30)25(33)31-13-15-32(16-14-31)26(34)20-8-2-3-9-21(20)27/h2-5,8-11,19H,6-7,12-18H2,1H3/t19-/m1/s1. The molecule has 178 valence electrons. The molecule has 2 aliphatic heterocycles. The van der Waals surface area contributed by atoms with Crippen LogP contribution >= 0.6 is 11.6 Å². The van der Waals surface area contributed by atoms with Crippen LogP contribution in [0.2, 0.25) is 5.02 Å². The average Bonchev–Trinajstić information content (AvgIpc) is 3.19. The third-order valence-electron chi connectivity index (χ3n) is 7.08. The molecule has 1 aromatic heterocycles. The maximum atomic E-state index is 13.3. The average molecular weight is 480 g/mol. The third kappa shape index (κ3) is 4.55. The van der Waals surface area contributed by atoms with Gasteiger partial charge in [-0.25, -0.2) is 4.98 Å². The van der Waals surface area contributed by atoms with E-state index in [2.05, 4.69) is 22.6 Å². The van der Waals surface area contributed by atoms with E-state index >= 15 is 0 Å². The molecule has 1 atom stereocenters. The Balaban J connectivity index is 1.18. The van der Waals surface area contributed by atoms with E-state index in [1.54, 1.807) is 17.0 Å². The molecular formula is C26H30ClN5O2. The largest absolute Gasteiger partial charge is 0.339 e. The number of likely N-dealkylation sites (tertiary alicyclic amines) is 1. The molecule has 0 radical (unpaired) electrons. The first-order chi connectivity index (χ1) is 16.5. The number of piperidine rings is 1. The number of nitrogens with zero attached hydrogens (tertiary/aromatic N) is 5. The molecular weight excluding hydrogens is 450 g/mol. The number of rotatable bonds is 4. The number of piperazine rings is 1. The normalized spacial score (nSPS) is 19.5. The van der Waals surface area contributed by atoms with Crippen molar-refractivity contribution >= 4 is 34.4 Å². The van der Waals surface area contributed by atoms with Crippen molar-refractivity contribution in [2.45, 2.75) is 19.4 Å². The second-order valence-electron chi connectivity index (χ2n) is 9.25. The zero-order valence-electron chi connectivity index (χ0n) is 19.5. The molecule has 3 aromatic rings. The van der Waals surface area contributed by atoms with Crippen LogP contribution in [-0.2, 0) is 18.4 Å². The van der Waals surface area contributed by atoms with Crippen molar-refractivity contribution in [3.63, 3.8) is 0 Å². The van der Waals surface area contributed by atoms with Gasteiger partial charge in [0.15, 0.2) is 0 Å². The SMILES string of the molecule is Cn1c(CN2CCC[C@@H](C(=O)N3CCN(C(=O)c4ccccc4Cl)CC3)C2)nc2ccccc21. The van der Waals surface area contributed by atoms with Gasteiger partial charge in [0.2, 0.25) is 5.91 Å². The van der Waals surface area contributed by atoms with Gasteiger partial charge in [-0.05, 0) is 43.7 Å². The molecule has 34 heavy (non-hydrogen) atoms. The number of imidazole rings is 1. The highest BCUT2D eigenvalue weighted by Crippen LogP contribution is 2.23. The summed E-state index contributed by atoms with van der Waals surface area (Å²) in [6, 6.07) is 15.3. The maximum absolute atomic E-state index is 13.3. The van der Waals surface area contributed by atoms with Crippen molar-refractivity contribution in [3.05, 3.63) is 64.9 Å². The molecule has 0 aliphatic carbocycles. The van der Waals surface area contributed by atoms with E-state index in [1.165, 1.54) is 0 Å². The van der Waals surface area contributed by atoms with Gasteiger partial charge in [-0.1, -0.05) is 35.9 Å². The quantitative estimate of drug-likeness (QED) is 0.575. The number of halogens is 1. The van der Waals surface area contributed by atoms with Gasteiger partial charge in [-0.2, -0.15) is 0 Å². The highest BCUT2D eigenvalue weighted by molar-refractivity contribution is 6.33. The fourth-order valence-electron chi connectivity index (χ4n) is 5.13. The zero-order chi connectivity index (χ0) is 23.7. The smallest absolute Gasteiger partial charge is 0.255 e. The Labute approximate surface area is 204 Å². The lowest BCUT2D eigenvalue weighted by atomic mass is 9.96. The molecule has 3 heterocycles. The summed E-state index contributed by atoms with van der Waals surface area (Å²) in [6.45, 7) is 4.67. The van der Waals surface area contributed by atoms with Crippen molar-refractivity contribution in [2.75, 3.05) is 39.3 Å². The van der Waals surface area contributed by atoms with Crippen molar-refractivity contribution in [3.8, 4) is 0 Å². The summed E-state index contributed by atoms with van der Waals surface area (Å²) >= 11 is 6.20. The predicted octanol–water partition coefficient (Wildman–Crippen LogP) is 3.42. The zero-order valence-corrected chi connectivity index (χ0v) is 20.2. The Morgan fingerprint density at radius 3 is 2.44 bits per heavy atom. The lowest BCUT2D eigenvalue weighted by molar-refractivity contribution is -0.139. The van der Waals surface area contributed by atoms with Gasteiger partial charge >= 0.3 is 0 Å². The first-order valence-electron chi connectivity index (χ1n) is 12.0. The Bertz CT molecular complexity index is 1200. The minimum atomic E-state index is -0.0657. The summed E-state index contributed by atoms with van der Waals surface area (Å²) in [5.74, 6) is 1.17. The maximum Gasteiger partial charge on any atom is 0.255 e. The number of aromatic nitrogens is 2. The van der Waals surface area contributed by atoms with E-state index in [0.29, 0.717) is 36.8 Å². The second-order valence-corrected chi connectivity index (χ2v) is 9.65. The fraction of sp³-hybridized carbons (Fsp3) is 0.423. The molecule has 2 amide bonds. The Kier molecular flexibility index (Phi) is 6.57. The minimum Gasteiger partial charge on any atom is -0.339 e. The summed E-state index contributed by atoms with van der Waals surface area (Å²) in [6.07, 6.45) is 1.92. The van der Waals surface area contributed by atoms with Crippen LogP contribution < -0.4 is 0 Å². The van der Waals surface area contributed by atoms with Gasteiger partial charge in [-0.3, -0.25) is 14.5 Å². The number of fused-ring (bicyclic) bond motifs is 1. The molecule has 2 fully saturated rings. The van der Waals surface area contributed by atoms with Crippen LogP contribution in [0.4, 0.5) is 0 Å². The van der Waals surface area contributed by atoms with Gasteiger partial charge in [-0.15, -0.1) is 0 Å². The molecule has 2 saturated heterocycles. The summed E-state index contributed by atoms with van der Waals surface area (Å²) in [5.41, 5.74) is 2.66. The number of carbonyl (C=O) groups excluding carboxylic acids is 2.